The highest BCUT2D eigenvalue weighted by molar-refractivity contribution is 5.69. The molecule has 2 aliphatic rings. The van der Waals surface area contributed by atoms with Crippen LogP contribution in [0.2, 0.25) is 0 Å². The summed E-state index contributed by atoms with van der Waals surface area (Å²) in [4.78, 5) is 12.7. The Labute approximate surface area is 91.5 Å². The average molecular weight is 237 g/mol. The molecular weight excluding hydrogens is 223 g/mol. The van der Waals surface area contributed by atoms with Gasteiger partial charge in [0.25, 0.3) is 0 Å². The summed E-state index contributed by atoms with van der Waals surface area (Å²) in [7, 11) is 0. The maximum atomic E-state index is 11.9. The first-order chi connectivity index (χ1) is 7.37. The molecule has 2 bridgehead atoms. The fourth-order valence-electron chi connectivity index (χ4n) is 2.90. The first-order valence-corrected chi connectivity index (χ1v) is 5.45. The zero-order valence-electron chi connectivity index (χ0n) is 8.96. The first-order valence-electron chi connectivity index (χ1n) is 5.45. The zero-order valence-corrected chi connectivity index (χ0v) is 8.96. The lowest BCUT2D eigenvalue weighted by Gasteiger charge is -2.36. The molecule has 1 amide bonds. The van der Waals surface area contributed by atoms with Gasteiger partial charge in [-0.3, -0.25) is 0 Å². The number of carbonyl (C=O) groups excluding carboxylic acids is 1. The van der Waals surface area contributed by atoms with Crippen molar-refractivity contribution in [3.05, 3.63) is 0 Å². The SMILES string of the molecule is CC1CC2CCC(C1)N2C(=O)OC(F)(F)F. The zero-order chi connectivity index (χ0) is 11.9. The van der Waals surface area contributed by atoms with Gasteiger partial charge in [-0.1, -0.05) is 6.92 Å². The van der Waals surface area contributed by atoms with Crippen LogP contribution in [0.15, 0.2) is 0 Å². The van der Waals surface area contributed by atoms with Gasteiger partial charge in [0.2, 0.25) is 0 Å². The van der Waals surface area contributed by atoms with E-state index in [9.17, 15) is 18.0 Å². The molecule has 16 heavy (non-hydrogen) atoms. The summed E-state index contributed by atoms with van der Waals surface area (Å²) >= 11 is 0. The Morgan fingerprint density at radius 2 is 1.75 bits per heavy atom. The van der Waals surface area contributed by atoms with Gasteiger partial charge in [0.15, 0.2) is 0 Å². The van der Waals surface area contributed by atoms with Crippen LogP contribution < -0.4 is 0 Å². The summed E-state index contributed by atoms with van der Waals surface area (Å²) in [5, 5.41) is 0. The topological polar surface area (TPSA) is 29.5 Å². The van der Waals surface area contributed by atoms with E-state index in [4.69, 9.17) is 0 Å². The number of rotatable bonds is 0. The van der Waals surface area contributed by atoms with Crippen LogP contribution in [0.5, 0.6) is 0 Å². The predicted molar refractivity (Wildman–Crippen MR) is 49.6 cm³/mol. The van der Waals surface area contributed by atoms with Crippen LogP contribution in [0.3, 0.4) is 0 Å². The van der Waals surface area contributed by atoms with Gasteiger partial charge in [-0.05, 0) is 31.6 Å². The highest BCUT2D eigenvalue weighted by Crippen LogP contribution is 2.39. The minimum Gasteiger partial charge on any atom is -0.356 e. The summed E-state index contributed by atoms with van der Waals surface area (Å²) in [6, 6.07) is -0.132. The number of alkyl halides is 3. The van der Waals surface area contributed by atoms with Crippen molar-refractivity contribution in [2.75, 3.05) is 0 Å². The van der Waals surface area contributed by atoms with Gasteiger partial charge in [0, 0.05) is 12.1 Å². The smallest absolute Gasteiger partial charge is 0.356 e. The molecule has 2 aliphatic heterocycles. The highest BCUT2D eigenvalue weighted by Gasteiger charge is 2.46. The van der Waals surface area contributed by atoms with E-state index in [1.165, 1.54) is 4.90 Å². The Morgan fingerprint density at radius 1 is 1.25 bits per heavy atom. The third kappa shape index (κ3) is 2.25. The Bertz CT molecular complexity index is 278. The normalized spacial score (nSPS) is 34.0. The monoisotopic (exact) mass is 237 g/mol. The summed E-state index contributed by atoms with van der Waals surface area (Å²) in [6.45, 7) is 2.07. The van der Waals surface area contributed by atoms with Crippen molar-refractivity contribution in [3.63, 3.8) is 0 Å². The van der Waals surface area contributed by atoms with E-state index in [0.717, 1.165) is 25.7 Å². The molecule has 0 aromatic heterocycles. The van der Waals surface area contributed by atoms with Crippen LogP contribution in [-0.2, 0) is 4.74 Å². The summed E-state index contributed by atoms with van der Waals surface area (Å²) in [5.74, 6) is 0.479. The minimum atomic E-state index is -4.88. The third-order valence-corrected chi connectivity index (χ3v) is 3.38. The lowest BCUT2D eigenvalue weighted by Crippen LogP contribution is -2.47. The predicted octanol–water partition coefficient (Wildman–Crippen LogP) is 2.91. The maximum Gasteiger partial charge on any atom is 0.576 e. The van der Waals surface area contributed by atoms with Gasteiger partial charge in [0.1, 0.15) is 0 Å². The molecule has 0 spiro atoms. The van der Waals surface area contributed by atoms with Crippen LogP contribution in [0.25, 0.3) is 0 Å². The molecule has 0 saturated carbocycles. The van der Waals surface area contributed by atoms with Crippen molar-refractivity contribution in [2.45, 2.75) is 51.1 Å². The molecule has 2 rings (SSSR count). The minimum absolute atomic E-state index is 0.0661. The van der Waals surface area contributed by atoms with E-state index >= 15 is 0 Å². The number of nitrogens with zero attached hydrogens (tertiary/aromatic N) is 1. The van der Waals surface area contributed by atoms with Crippen molar-refractivity contribution in [1.29, 1.82) is 0 Å². The van der Waals surface area contributed by atoms with Crippen LogP contribution in [0, 0.1) is 5.92 Å². The number of amides is 1. The molecule has 3 nitrogen and oxygen atoms in total. The molecule has 92 valence electrons. The van der Waals surface area contributed by atoms with Crippen LogP contribution in [0.1, 0.15) is 32.6 Å². The number of carbonyl (C=O) groups is 1. The van der Waals surface area contributed by atoms with E-state index in [1.807, 2.05) is 0 Å². The van der Waals surface area contributed by atoms with Crippen molar-refractivity contribution in [2.24, 2.45) is 5.92 Å². The molecule has 2 atom stereocenters. The molecule has 2 unspecified atom stereocenters. The number of piperidine rings is 1. The molecule has 0 aromatic rings. The molecule has 6 heteroatoms. The van der Waals surface area contributed by atoms with Crippen molar-refractivity contribution >= 4 is 6.09 Å². The largest absolute Gasteiger partial charge is 0.576 e. The van der Waals surface area contributed by atoms with Gasteiger partial charge in [-0.15, -0.1) is 13.2 Å². The van der Waals surface area contributed by atoms with E-state index in [0.29, 0.717) is 5.92 Å². The van der Waals surface area contributed by atoms with Crippen LogP contribution in [-0.4, -0.2) is 29.4 Å². The van der Waals surface area contributed by atoms with E-state index in [1.54, 1.807) is 0 Å². The van der Waals surface area contributed by atoms with Crippen molar-refractivity contribution < 1.29 is 22.7 Å². The van der Waals surface area contributed by atoms with E-state index in [-0.39, 0.29) is 12.1 Å². The van der Waals surface area contributed by atoms with Gasteiger partial charge in [0.05, 0.1) is 0 Å². The maximum absolute atomic E-state index is 11.9. The first kappa shape index (κ1) is 11.5. The fraction of sp³-hybridized carbons (Fsp3) is 0.900. The molecule has 0 aliphatic carbocycles. The van der Waals surface area contributed by atoms with Crippen molar-refractivity contribution in [3.8, 4) is 0 Å². The second-order valence-electron chi connectivity index (χ2n) is 4.68. The molecule has 0 aromatic carbocycles. The van der Waals surface area contributed by atoms with Gasteiger partial charge >= 0.3 is 12.5 Å². The molecule has 2 saturated heterocycles. The Kier molecular flexibility index (Phi) is 2.75. The lowest BCUT2D eigenvalue weighted by atomic mass is 9.93. The molecule has 0 radical (unpaired) electrons. The number of fused-ring (bicyclic) bond motifs is 2. The van der Waals surface area contributed by atoms with Crippen LogP contribution in [0.4, 0.5) is 18.0 Å². The highest BCUT2D eigenvalue weighted by atomic mass is 19.4. The Morgan fingerprint density at radius 3 is 2.19 bits per heavy atom. The lowest BCUT2D eigenvalue weighted by molar-refractivity contribution is -0.295. The molecular formula is C10H14F3NO2. The Hall–Kier alpha value is -0.940. The summed E-state index contributed by atoms with van der Waals surface area (Å²) < 4.78 is 39.3. The summed E-state index contributed by atoms with van der Waals surface area (Å²) in [6.07, 6.45) is -2.96. The summed E-state index contributed by atoms with van der Waals surface area (Å²) in [5.41, 5.74) is 0. The molecule has 0 N–H and O–H groups in total. The van der Waals surface area contributed by atoms with Gasteiger partial charge in [-0.25, -0.2) is 4.79 Å². The van der Waals surface area contributed by atoms with Crippen molar-refractivity contribution in [1.82, 2.24) is 4.90 Å². The molecule has 2 fully saturated rings. The number of ether oxygens (including phenoxy) is 1. The standard InChI is InChI=1S/C10H14F3NO2/c1-6-4-7-2-3-8(5-6)14(7)9(15)16-10(11,12)13/h6-8H,2-5H2,1H3. The Balaban J connectivity index is 2.03. The quantitative estimate of drug-likeness (QED) is 0.648. The third-order valence-electron chi connectivity index (χ3n) is 3.38. The number of halogens is 3. The van der Waals surface area contributed by atoms with Gasteiger partial charge in [-0.2, -0.15) is 0 Å². The molecule has 2 heterocycles. The van der Waals surface area contributed by atoms with E-state index < -0.39 is 12.5 Å². The number of hydrogen-bond acceptors (Lipinski definition) is 2. The van der Waals surface area contributed by atoms with Gasteiger partial charge < -0.3 is 9.64 Å². The van der Waals surface area contributed by atoms with Crippen LogP contribution >= 0.6 is 0 Å². The fourth-order valence-corrected chi connectivity index (χ4v) is 2.90. The van der Waals surface area contributed by atoms with E-state index in [2.05, 4.69) is 11.7 Å². The number of hydrogen-bond donors (Lipinski definition) is 0. The second kappa shape index (κ2) is 3.82. The second-order valence-corrected chi connectivity index (χ2v) is 4.68. The average Bonchev–Trinajstić information content (AvgIpc) is 2.36.